The number of rotatable bonds is 4. The van der Waals surface area contributed by atoms with Crippen molar-refractivity contribution in [3.05, 3.63) is 113 Å². The van der Waals surface area contributed by atoms with Crippen LogP contribution < -0.4 is 11.3 Å². The second kappa shape index (κ2) is 8.75. The van der Waals surface area contributed by atoms with Crippen LogP contribution in [0.5, 0.6) is 0 Å². The summed E-state index contributed by atoms with van der Waals surface area (Å²) < 4.78 is 3.24. The van der Waals surface area contributed by atoms with Crippen LogP contribution in [-0.2, 0) is 0 Å². The topological polar surface area (TPSA) is 105 Å². The van der Waals surface area contributed by atoms with Crippen LogP contribution in [0.25, 0.3) is 45.1 Å². The summed E-state index contributed by atoms with van der Waals surface area (Å²) in [6.07, 6.45) is 3.32. The van der Waals surface area contributed by atoms with E-state index in [4.69, 9.17) is 22.3 Å². The van der Waals surface area contributed by atoms with Gasteiger partial charge in [-0.05, 0) is 42.5 Å². The minimum atomic E-state index is -0.229. The number of nitrogens with two attached hydrogens (primary N) is 1. The number of para-hydroxylation sites is 1. The van der Waals surface area contributed by atoms with Crippen molar-refractivity contribution in [1.29, 1.82) is 0 Å². The second-order valence-corrected chi connectivity index (χ2v) is 8.51. The van der Waals surface area contributed by atoms with Crippen molar-refractivity contribution >= 4 is 28.6 Å². The summed E-state index contributed by atoms with van der Waals surface area (Å²) in [5.74, 6) is 0.663. The van der Waals surface area contributed by atoms with Gasteiger partial charge in [-0.3, -0.25) is 9.36 Å². The molecule has 3 aromatic carbocycles. The third-order valence-electron chi connectivity index (χ3n) is 5.77. The molecule has 0 amide bonds. The Bertz CT molecular complexity index is 1760. The number of fused-ring (bicyclic) bond motifs is 1. The van der Waals surface area contributed by atoms with E-state index in [2.05, 4.69) is 15.1 Å². The van der Waals surface area contributed by atoms with Crippen molar-refractivity contribution < 1.29 is 0 Å². The lowest BCUT2D eigenvalue weighted by molar-refractivity contribution is 0.888. The van der Waals surface area contributed by atoms with E-state index in [-0.39, 0.29) is 11.5 Å². The molecule has 0 saturated heterocycles. The quantitative estimate of drug-likeness (QED) is 0.375. The van der Waals surface area contributed by atoms with Crippen LogP contribution in [0, 0.1) is 0 Å². The number of hydrogen-bond donors (Lipinski definition) is 1. The molecule has 8 nitrogen and oxygen atoms in total. The lowest BCUT2D eigenvalue weighted by Gasteiger charge is -2.13. The Morgan fingerprint density at radius 2 is 1.50 bits per heavy atom. The van der Waals surface area contributed by atoms with Gasteiger partial charge in [0.2, 0.25) is 5.95 Å². The summed E-state index contributed by atoms with van der Waals surface area (Å²) in [6, 6.07) is 26.0. The minimum absolute atomic E-state index is 0.203. The Labute approximate surface area is 210 Å². The van der Waals surface area contributed by atoms with Gasteiger partial charge in [0.1, 0.15) is 11.2 Å². The van der Waals surface area contributed by atoms with E-state index in [0.717, 1.165) is 16.8 Å². The van der Waals surface area contributed by atoms with Crippen molar-refractivity contribution in [2.75, 3.05) is 5.73 Å². The SMILES string of the molecule is Nc1nccc(-c2ccc(-c3nc4nn(-c5ccccc5)cc4c(=O)n3-c3ccc(Cl)cc3)cc2)n1. The van der Waals surface area contributed by atoms with E-state index in [1.54, 1.807) is 52.0 Å². The van der Waals surface area contributed by atoms with Gasteiger partial charge in [0.15, 0.2) is 5.65 Å². The van der Waals surface area contributed by atoms with Crippen LogP contribution in [0.4, 0.5) is 5.95 Å². The van der Waals surface area contributed by atoms with Crippen molar-refractivity contribution in [1.82, 2.24) is 29.3 Å². The molecule has 6 rings (SSSR count). The fourth-order valence-electron chi connectivity index (χ4n) is 4.03. The molecule has 0 aliphatic carbocycles. The van der Waals surface area contributed by atoms with Crippen LogP contribution in [0.3, 0.4) is 0 Å². The second-order valence-electron chi connectivity index (χ2n) is 8.08. The molecule has 0 bridgehead atoms. The van der Waals surface area contributed by atoms with E-state index in [0.29, 0.717) is 33.3 Å². The molecule has 0 aliphatic heterocycles. The Hall–Kier alpha value is -4.82. The highest BCUT2D eigenvalue weighted by Gasteiger charge is 2.18. The normalized spacial score (nSPS) is 11.1. The van der Waals surface area contributed by atoms with Crippen molar-refractivity contribution in [2.45, 2.75) is 0 Å². The predicted octanol–water partition coefficient (Wildman–Crippen LogP) is 4.93. The fourth-order valence-corrected chi connectivity index (χ4v) is 4.15. The first-order chi connectivity index (χ1) is 17.6. The maximum atomic E-state index is 13.8. The molecule has 3 aromatic heterocycles. The molecule has 9 heteroatoms. The average Bonchev–Trinajstić information content (AvgIpc) is 3.35. The monoisotopic (exact) mass is 491 g/mol. The molecular formula is C27H18ClN7O. The smallest absolute Gasteiger partial charge is 0.269 e. The fraction of sp³-hybridized carbons (Fsp3) is 0. The molecular weight excluding hydrogens is 474 g/mol. The van der Waals surface area contributed by atoms with E-state index >= 15 is 0 Å². The van der Waals surface area contributed by atoms with E-state index < -0.39 is 0 Å². The number of benzene rings is 3. The van der Waals surface area contributed by atoms with Gasteiger partial charge in [-0.1, -0.05) is 54.1 Å². The Morgan fingerprint density at radius 3 is 2.22 bits per heavy atom. The maximum Gasteiger partial charge on any atom is 0.269 e. The van der Waals surface area contributed by atoms with Crippen LogP contribution in [0.2, 0.25) is 5.02 Å². The number of nitrogens with zero attached hydrogens (tertiary/aromatic N) is 6. The number of aromatic nitrogens is 6. The summed E-state index contributed by atoms with van der Waals surface area (Å²) in [5.41, 5.74) is 9.65. The number of hydrogen-bond acceptors (Lipinski definition) is 6. The summed E-state index contributed by atoms with van der Waals surface area (Å²) in [4.78, 5) is 26.8. The van der Waals surface area contributed by atoms with E-state index in [1.165, 1.54) is 0 Å². The highest BCUT2D eigenvalue weighted by Crippen LogP contribution is 2.26. The highest BCUT2D eigenvalue weighted by atomic mass is 35.5. The van der Waals surface area contributed by atoms with Crippen molar-refractivity contribution in [3.63, 3.8) is 0 Å². The molecule has 0 aliphatic rings. The molecule has 6 aromatic rings. The van der Waals surface area contributed by atoms with Crippen molar-refractivity contribution in [2.24, 2.45) is 0 Å². The number of halogens is 1. The van der Waals surface area contributed by atoms with Gasteiger partial charge in [0.05, 0.1) is 17.1 Å². The minimum Gasteiger partial charge on any atom is -0.368 e. The summed E-state index contributed by atoms with van der Waals surface area (Å²) >= 11 is 6.11. The largest absolute Gasteiger partial charge is 0.368 e. The summed E-state index contributed by atoms with van der Waals surface area (Å²) in [7, 11) is 0. The Morgan fingerprint density at radius 1 is 0.778 bits per heavy atom. The number of nitrogen functional groups attached to an aromatic ring is 1. The lowest BCUT2D eigenvalue weighted by atomic mass is 10.1. The molecule has 0 radical (unpaired) electrons. The molecule has 0 atom stereocenters. The summed E-state index contributed by atoms with van der Waals surface area (Å²) in [6.45, 7) is 0. The van der Waals surface area contributed by atoms with Crippen LogP contribution in [0.15, 0.2) is 102 Å². The molecule has 2 N–H and O–H groups in total. The third-order valence-corrected chi connectivity index (χ3v) is 6.02. The zero-order valence-corrected chi connectivity index (χ0v) is 19.5. The van der Waals surface area contributed by atoms with Gasteiger partial charge in [0.25, 0.3) is 5.56 Å². The summed E-state index contributed by atoms with van der Waals surface area (Å²) in [5, 5.41) is 5.58. The van der Waals surface area contributed by atoms with Gasteiger partial charge in [-0.15, -0.1) is 5.10 Å². The molecule has 0 unspecified atom stereocenters. The first-order valence-electron chi connectivity index (χ1n) is 11.1. The number of anilines is 1. The maximum absolute atomic E-state index is 13.8. The zero-order valence-electron chi connectivity index (χ0n) is 18.8. The van der Waals surface area contributed by atoms with Gasteiger partial charge in [0, 0.05) is 28.5 Å². The Balaban J connectivity index is 1.55. The Kier molecular flexibility index (Phi) is 5.28. The van der Waals surface area contributed by atoms with E-state index in [1.807, 2.05) is 54.6 Å². The first kappa shape index (κ1) is 21.7. The van der Waals surface area contributed by atoms with Gasteiger partial charge in [-0.2, -0.15) is 0 Å². The zero-order chi connectivity index (χ0) is 24.6. The first-order valence-corrected chi connectivity index (χ1v) is 11.5. The molecule has 174 valence electrons. The average molecular weight is 492 g/mol. The van der Waals surface area contributed by atoms with Gasteiger partial charge in [-0.25, -0.2) is 19.6 Å². The van der Waals surface area contributed by atoms with Crippen molar-refractivity contribution in [3.8, 4) is 34.0 Å². The molecule has 3 heterocycles. The van der Waals surface area contributed by atoms with Gasteiger partial charge < -0.3 is 5.73 Å². The molecule has 0 fully saturated rings. The van der Waals surface area contributed by atoms with Crippen LogP contribution in [0.1, 0.15) is 0 Å². The van der Waals surface area contributed by atoms with E-state index in [9.17, 15) is 4.79 Å². The van der Waals surface area contributed by atoms with Gasteiger partial charge >= 0.3 is 0 Å². The van der Waals surface area contributed by atoms with Crippen LogP contribution in [-0.4, -0.2) is 29.3 Å². The predicted molar refractivity (Wildman–Crippen MR) is 140 cm³/mol. The third kappa shape index (κ3) is 3.89. The van der Waals surface area contributed by atoms with Crippen LogP contribution >= 0.6 is 11.6 Å². The lowest BCUT2D eigenvalue weighted by Crippen LogP contribution is -2.21. The molecule has 0 saturated carbocycles. The highest BCUT2D eigenvalue weighted by molar-refractivity contribution is 6.30. The standard InChI is InChI=1S/C27H18ClN7O/c28-19-10-12-21(13-11-19)35-25(18-8-6-17(7-9-18)23-14-15-30-27(29)31-23)32-24-22(26(35)36)16-34(33-24)20-4-2-1-3-5-20/h1-16H,(H2,29,30,31). The molecule has 36 heavy (non-hydrogen) atoms. The molecule has 0 spiro atoms.